The van der Waals surface area contributed by atoms with Crippen LogP contribution in [0.3, 0.4) is 0 Å². The Bertz CT molecular complexity index is 494. The molecule has 0 unspecified atom stereocenters. The van der Waals surface area contributed by atoms with E-state index in [9.17, 15) is 14.4 Å². The molecule has 0 N–H and O–H groups in total. The van der Waals surface area contributed by atoms with E-state index in [1.165, 1.54) is 0 Å². The van der Waals surface area contributed by atoms with Crippen molar-refractivity contribution in [3.63, 3.8) is 0 Å². The van der Waals surface area contributed by atoms with E-state index in [1.807, 2.05) is 0 Å². The smallest absolute Gasteiger partial charge is 0.317 e. The third-order valence-electron chi connectivity index (χ3n) is 2.99. The summed E-state index contributed by atoms with van der Waals surface area (Å²) >= 11 is 0. The molecule has 2 rings (SSSR count). The Balaban J connectivity index is 2.23. The Morgan fingerprint density at radius 1 is 1.32 bits per heavy atom. The SMILES string of the molecule is CCOC(=O)[C@H]1COC(=O)[C@@H]1C(=O)c1ccccc1. The second-order valence-corrected chi connectivity index (χ2v) is 4.20. The minimum absolute atomic E-state index is 0.0963. The van der Waals surface area contributed by atoms with Gasteiger partial charge < -0.3 is 9.47 Å². The topological polar surface area (TPSA) is 69.7 Å². The van der Waals surface area contributed by atoms with Crippen LogP contribution in [-0.4, -0.2) is 30.9 Å². The van der Waals surface area contributed by atoms with Crippen molar-refractivity contribution < 1.29 is 23.9 Å². The summed E-state index contributed by atoms with van der Waals surface area (Å²) in [5.74, 6) is -3.57. The number of esters is 2. The average Bonchev–Trinajstić information content (AvgIpc) is 2.81. The molecular formula is C14H14O5. The van der Waals surface area contributed by atoms with Crippen molar-refractivity contribution in [2.75, 3.05) is 13.2 Å². The number of carbonyl (C=O) groups excluding carboxylic acids is 3. The van der Waals surface area contributed by atoms with Gasteiger partial charge in [0.15, 0.2) is 5.78 Å². The molecule has 0 spiro atoms. The minimum Gasteiger partial charge on any atom is -0.466 e. The van der Waals surface area contributed by atoms with Gasteiger partial charge in [-0.05, 0) is 6.92 Å². The summed E-state index contributed by atoms with van der Waals surface area (Å²) < 4.78 is 9.69. The quantitative estimate of drug-likeness (QED) is 0.463. The fourth-order valence-electron chi connectivity index (χ4n) is 2.05. The zero-order chi connectivity index (χ0) is 13.8. The molecule has 19 heavy (non-hydrogen) atoms. The van der Waals surface area contributed by atoms with Crippen LogP contribution in [0.25, 0.3) is 0 Å². The van der Waals surface area contributed by atoms with Gasteiger partial charge in [0.2, 0.25) is 0 Å². The van der Waals surface area contributed by atoms with E-state index in [2.05, 4.69) is 0 Å². The minimum atomic E-state index is -1.10. The van der Waals surface area contributed by atoms with Gasteiger partial charge in [0.25, 0.3) is 0 Å². The summed E-state index contributed by atoms with van der Waals surface area (Å²) in [5, 5.41) is 0. The largest absolute Gasteiger partial charge is 0.466 e. The van der Waals surface area contributed by atoms with Gasteiger partial charge in [0.05, 0.1) is 6.61 Å². The first-order valence-electron chi connectivity index (χ1n) is 6.07. The number of ether oxygens (including phenoxy) is 2. The van der Waals surface area contributed by atoms with Crippen molar-refractivity contribution in [1.29, 1.82) is 0 Å². The molecule has 0 saturated carbocycles. The predicted octanol–water partition coefficient (Wildman–Crippen LogP) is 1.22. The Morgan fingerprint density at radius 2 is 2.00 bits per heavy atom. The summed E-state index contributed by atoms with van der Waals surface area (Å²) in [6.07, 6.45) is 0. The number of cyclic esters (lactones) is 1. The number of carbonyl (C=O) groups is 3. The summed E-state index contributed by atoms with van der Waals surface area (Å²) in [5.41, 5.74) is 0.389. The number of ketones is 1. The standard InChI is InChI=1S/C14H14O5/c1-2-18-13(16)10-8-19-14(17)11(10)12(15)9-6-4-3-5-7-9/h3-7,10-11H,2,8H2,1H3/t10-,11-/m0/s1. The number of benzene rings is 1. The van der Waals surface area contributed by atoms with Gasteiger partial charge in [0, 0.05) is 5.56 Å². The van der Waals surface area contributed by atoms with Crippen LogP contribution in [0.4, 0.5) is 0 Å². The van der Waals surface area contributed by atoms with Crippen LogP contribution in [0, 0.1) is 11.8 Å². The monoisotopic (exact) mass is 262 g/mol. The highest BCUT2D eigenvalue weighted by molar-refractivity contribution is 6.11. The summed E-state index contributed by atoms with van der Waals surface area (Å²) in [4.78, 5) is 35.7. The van der Waals surface area contributed by atoms with Crippen molar-refractivity contribution in [3.05, 3.63) is 35.9 Å². The van der Waals surface area contributed by atoms with Crippen LogP contribution >= 0.6 is 0 Å². The summed E-state index contributed by atoms with van der Waals surface area (Å²) in [6.45, 7) is 1.78. The maximum atomic E-state index is 12.3. The Kier molecular flexibility index (Phi) is 3.94. The molecule has 0 amide bonds. The zero-order valence-corrected chi connectivity index (χ0v) is 10.5. The maximum Gasteiger partial charge on any atom is 0.317 e. The van der Waals surface area contributed by atoms with E-state index in [1.54, 1.807) is 37.3 Å². The first-order valence-corrected chi connectivity index (χ1v) is 6.07. The van der Waals surface area contributed by atoms with Crippen molar-refractivity contribution in [2.45, 2.75) is 6.92 Å². The van der Waals surface area contributed by atoms with E-state index in [-0.39, 0.29) is 13.2 Å². The molecule has 0 radical (unpaired) electrons. The van der Waals surface area contributed by atoms with Gasteiger partial charge in [-0.15, -0.1) is 0 Å². The van der Waals surface area contributed by atoms with Gasteiger partial charge in [-0.25, -0.2) is 0 Å². The number of hydrogen-bond donors (Lipinski definition) is 0. The average molecular weight is 262 g/mol. The lowest BCUT2D eigenvalue weighted by Crippen LogP contribution is -2.32. The fourth-order valence-corrected chi connectivity index (χ4v) is 2.05. The van der Waals surface area contributed by atoms with E-state index >= 15 is 0 Å². The molecule has 5 heteroatoms. The number of rotatable bonds is 4. The molecule has 5 nitrogen and oxygen atoms in total. The molecule has 100 valence electrons. The van der Waals surface area contributed by atoms with E-state index < -0.39 is 29.6 Å². The second-order valence-electron chi connectivity index (χ2n) is 4.20. The first kappa shape index (κ1) is 13.3. The highest BCUT2D eigenvalue weighted by atomic mass is 16.6. The molecular weight excluding hydrogens is 248 g/mol. The molecule has 1 saturated heterocycles. The normalized spacial score (nSPS) is 21.8. The van der Waals surface area contributed by atoms with Crippen LogP contribution in [0.15, 0.2) is 30.3 Å². The molecule has 0 aromatic heterocycles. The highest BCUT2D eigenvalue weighted by Gasteiger charge is 2.47. The zero-order valence-electron chi connectivity index (χ0n) is 10.5. The molecule has 1 aromatic rings. The van der Waals surface area contributed by atoms with Crippen LogP contribution in [0.1, 0.15) is 17.3 Å². The number of Topliss-reactive ketones (excluding diaryl/α,β-unsaturated/α-hetero) is 1. The fraction of sp³-hybridized carbons (Fsp3) is 0.357. The molecule has 1 fully saturated rings. The molecule has 0 bridgehead atoms. The predicted molar refractivity (Wildman–Crippen MR) is 65.3 cm³/mol. The van der Waals surface area contributed by atoms with Crippen LogP contribution in [0.2, 0.25) is 0 Å². The van der Waals surface area contributed by atoms with Gasteiger partial charge in [0.1, 0.15) is 18.4 Å². The third kappa shape index (κ3) is 2.65. The molecule has 1 aliphatic rings. The van der Waals surface area contributed by atoms with Crippen LogP contribution in [0.5, 0.6) is 0 Å². The molecule has 1 heterocycles. The molecule has 2 atom stereocenters. The van der Waals surface area contributed by atoms with Gasteiger partial charge in [-0.1, -0.05) is 30.3 Å². The lowest BCUT2D eigenvalue weighted by molar-refractivity contribution is -0.149. The lowest BCUT2D eigenvalue weighted by Gasteiger charge is -2.12. The van der Waals surface area contributed by atoms with Crippen molar-refractivity contribution in [3.8, 4) is 0 Å². The Morgan fingerprint density at radius 3 is 2.63 bits per heavy atom. The highest BCUT2D eigenvalue weighted by Crippen LogP contribution is 2.27. The van der Waals surface area contributed by atoms with Gasteiger partial charge >= 0.3 is 11.9 Å². The lowest BCUT2D eigenvalue weighted by atomic mass is 9.88. The van der Waals surface area contributed by atoms with Crippen molar-refractivity contribution in [1.82, 2.24) is 0 Å². The van der Waals surface area contributed by atoms with Crippen LogP contribution in [-0.2, 0) is 19.1 Å². The number of hydrogen-bond acceptors (Lipinski definition) is 5. The van der Waals surface area contributed by atoms with Gasteiger partial charge in [-0.2, -0.15) is 0 Å². The molecule has 1 aromatic carbocycles. The van der Waals surface area contributed by atoms with Crippen molar-refractivity contribution in [2.24, 2.45) is 11.8 Å². The van der Waals surface area contributed by atoms with Crippen molar-refractivity contribution >= 4 is 17.7 Å². The second kappa shape index (κ2) is 5.65. The Labute approximate surface area is 110 Å². The molecule has 1 aliphatic heterocycles. The Hall–Kier alpha value is -2.17. The third-order valence-corrected chi connectivity index (χ3v) is 2.99. The van der Waals surface area contributed by atoms with Gasteiger partial charge in [-0.3, -0.25) is 14.4 Å². The summed E-state index contributed by atoms with van der Waals surface area (Å²) in [7, 11) is 0. The van der Waals surface area contributed by atoms with Crippen LogP contribution < -0.4 is 0 Å². The van der Waals surface area contributed by atoms with E-state index in [4.69, 9.17) is 9.47 Å². The maximum absolute atomic E-state index is 12.3. The molecule has 0 aliphatic carbocycles. The van der Waals surface area contributed by atoms with E-state index in [0.717, 1.165) is 0 Å². The summed E-state index contributed by atoms with van der Waals surface area (Å²) in [6, 6.07) is 8.39. The first-order chi connectivity index (χ1) is 9.15. The van der Waals surface area contributed by atoms with E-state index in [0.29, 0.717) is 5.56 Å².